The van der Waals surface area contributed by atoms with E-state index in [4.69, 9.17) is 9.84 Å². The molecule has 0 fully saturated rings. The Balaban J connectivity index is 2.47. The van der Waals surface area contributed by atoms with Crippen LogP contribution in [0.15, 0.2) is 18.2 Å². The maximum atomic E-state index is 11.8. The lowest BCUT2D eigenvalue weighted by molar-refractivity contribution is -0.131. The van der Waals surface area contributed by atoms with E-state index in [0.29, 0.717) is 25.2 Å². The van der Waals surface area contributed by atoms with Crippen molar-refractivity contribution in [2.75, 3.05) is 19.7 Å². The number of hydrogen-bond donors (Lipinski definition) is 1. The number of benzene rings is 1. The predicted octanol–water partition coefficient (Wildman–Crippen LogP) is 3.02. The van der Waals surface area contributed by atoms with E-state index in [9.17, 15) is 9.59 Å². The quantitative estimate of drug-likeness (QED) is 0.534. The molecule has 21 heavy (non-hydrogen) atoms. The summed E-state index contributed by atoms with van der Waals surface area (Å²) in [6, 6.07) is 4.76. The van der Waals surface area contributed by atoms with Gasteiger partial charge < -0.3 is 14.7 Å². The smallest absolute Gasteiger partial charge is 0.335 e. The number of carboxylic acids is 1. The second-order valence-corrected chi connectivity index (χ2v) is 5.63. The van der Waals surface area contributed by atoms with Crippen LogP contribution in [0, 0.1) is 3.57 Å². The summed E-state index contributed by atoms with van der Waals surface area (Å²) < 4.78 is 6.44. The average molecular weight is 405 g/mol. The molecule has 0 atom stereocenters. The van der Waals surface area contributed by atoms with Crippen molar-refractivity contribution in [3.8, 4) is 5.75 Å². The van der Waals surface area contributed by atoms with Gasteiger partial charge in [-0.15, -0.1) is 0 Å². The molecule has 1 rings (SSSR count). The third-order valence-electron chi connectivity index (χ3n) is 3.09. The van der Waals surface area contributed by atoms with Gasteiger partial charge in [-0.25, -0.2) is 4.79 Å². The molecule has 1 aromatic rings. The van der Waals surface area contributed by atoms with Crippen molar-refractivity contribution in [1.29, 1.82) is 0 Å². The van der Waals surface area contributed by atoms with Gasteiger partial charge in [0.15, 0.2) is 0 Å². The SMILES string of the molecule is CCN(CC)C(=O)CCCOc1cc(C(=O)O)ccc1I. The van der Waals surface area contributed by atoms with Crippen LogP contribution < -0.4 is 4.74 Å². The standard InChI is InChI=1S/C15H20INO4/c1-3-17(4-2)14(18)6-5-9-21-13-10-11(15(19)20)7-8-12(13)16/h7-8,10H,3-6,9H2,1-2H3,(H,19,20). The molecule has 0 saturated carbocycles. The van der Waals surface area contributed by atoms with Crippen LogP contribution in [0.3, 0.4) is 0 Å². The number of amides is 1. The van der Waals surface area contributed by atoms with Gasteiger partial charge in [-0.2, -0.15) is 0 Å². The van der Waals surface area contributed by atoms with Gasteiger partial charge in [0, 0.05) is 19.5 Å². The Morgan fingerprint density at radius 2 is 1.95 bits per heavy atom. The van der Waals surface area contributed by atoms with Crippen molar-refractivity contribution in [2.45, 2.75) is 26.7 Å². The van der Waals surface area contributed by atoms with E-state index in [1.807, 2.05) is 13.8 Å². The fourth-order valence-electron chi connectivity index (χ4n) is 1.89. The molecule has 0 aliphatic carbocycles. The van der Waals surface area contributed by atoms with Gasteiger partial charge in [0.2, 0.25) is 5.91 Å². The molecule has 0 radical (unpaired) electrons. The predicted molar refractivity (Wildman–Crippen MR) is 88.8 cm³/mol. The summed E-state index contributed by atoms with van der Waals surface area (Å²) in [5, 5.41) is 8.95. The van der Waals surface area contributed by atoms with Crippen molar-refractivity contribution >= 4 is 34.5 Å². The molecular formula is C15H20INO4. The molecule has 0 bridgehead atoms. The van der Waals surface area contributed by atoms with Crippen molar-refractivity contribution in [2.24, 2.45) is 0 Å². The highest BCUT2D eigenvalue weighted by atomic mass is 127. The number of rotatable bonds is 8. The first-order valence-corrected chi connectivity index (χ1v) is 8.00. The van der Waals surface area contributed by atoms with Gasteiger partial charge in [-0.3, -0.25) is 4.79 Å². The second kappa shape index (κ2) is 8.86. The zero-order chi connectivity index (χ0) is 15.8. The van der Waals surface area contributed by atoms with E-state index in [1.54, 1.807) is 17.0 Å². The Labute approximate surface area is 138 Å². The highest BCUT2D eigenvalue weighted by Gasteiger charge is 2.10. The largest absolute Gasteiger partial charge is 0.492 e. The lowest BCUT2D eigenvalue weighted by Crippen LogP contribution is -2.30. The maximum Gasteiger partial charge on any atom is 0.335 e. The van der Waals surface area contributed by atoms with Gasteiger partial charge in [0.25, 0.3) is 0 Å². The molecule has 0 spiro atoms. The third kappa shape index (κ3) is 5.53. The van der Waals surface area contributed by atoms with Crippen LogP contribution in [0.2, 0.25) is 0 Å². The minimum Gasteiger partial charge on any atom is -0.492 e. The Morgan fingerprint density at radius 1 is 1.29 bits per heavy atom. The fraction of sp³-hybridized carbons (Fsp3) is 0.467. The Bertz CT molecular complexity index is 500. The lowest BCUT2D eigenvalue weighted by atomic mass is 10.2. The van der Waals surface area contributed by atoms with E-state index in [-0.39, 0.29) is 11.5 Å². The van der Waals surface area contributed by atoms with Crippen molar-refractivity contribution < 1.29 is 19.4 Å². The zero-order valence-electron chi connectivity index (χ0n) is 12.3. The topological polar surface area (TPSA) is 66.8 Å². The van der Waals surface area contributed by atoms with Crippen molar-refractivity contribution in [3.05, 3.63) is 27.3 Å². The first-order valence-electron chi connectivity index (χ1n) is 6.93. The number of aromatic carboxylic acids is 1. The second-order valence-electron chi connectivity index (χ2n) is 4.47. The van der Waals surface area contributed by atoms with Crippen molar-refractivity contribution in [1.82, 2.24) is 4.90 Å². The number of hydrogen-bond acceptors (Lipinski definition) is 3. The molecule has 0 aliphatic rings. The minimum absolute atomic E-state index is 0.123. The summed E-state index contributed by atoms with van der Waals surface area (Å²) in [6.07, 6.45) is 1.06. The molecule has 0 saturated heterocycles. The summed E-state index contributed by atoms with van der Waals surface area (Å²) >= 11 is 2.10. The lowest BCUT2D eigenvalue weighted by Gasteiger charge is -2.18. The number of carbonyl (C=O) groups is 2. The van der Waals surface area contributed by atoms with E-state index in [0.717, 1.165) is 16.7 Å². The van der Waals surface area contributed by atoms with Crippen molar-refractivity contribution in [3.63, 3.8) is 0 Å². The molecule has 5 nitrogen and oxygen atoms in total. The molecule has 0 heterocycles. The summed E-state index contributed by atoms with van der Waals surface area (Å²) in [6.45, 7) is 5.74. The number of carbonyl (C=O) groups excluding carboxylic acids is 1. The molecule has 0 unspecified atom stereocenters. The number of carboxylic acid groups (broad SMARTS) is 1. The van der Waals surface area contributed by atoms with Crippen LogP contribution in [-0.2, 0) is 4.79 Å². The van der Waals surface area contributed by atoms with Crippen LogP contribution >= 0.6 is 22.6 Å². The molecular weight excluding hydrogens is 385 g/mol. The summed E-state index contributed by atoms with van der Waals surface area (Å²) in [5.74, 6) is -0.309. The Kier molecular flexibility index (Phi) is 7.49. The zero-order valence-corrected chi connectivity index (χ0v) is 14.4. The van der Waals surface area contributed by atoms with Gasteiger partial charge in [-0.1, -0.05) is 0 Å². The number of nitrogens with zero attached hydrogens (tertiary/aromatic N) is 1. The number of halogens is 1. The Hall–Kier alpha value is -1.31. The highest BCUT2D eigenvalue weighted by Crippen LogP contribution is 2.22. The Morgan fingerprint density at radius 3 is 2.52 bits per heavy atom. The molecule has 1 amide bonds. The summed E-state index contributed by atoms with van der Waals surface area (Å²) in [5.41, 5.74) is 0.199. The molecule has 1 aromatic carbocycles. The van der Waals surface area contributed by atoms with E-state index in [1.165, 1.54) is 6.07 Å². The maximum absolute atomic E-state index is 11.8. The van der Waals surface area contributed by atoms with Gasteiger partial charge in [0.05, 0.1) is 15.7 Å². The van der Waals surface area contributed by atoms with Crippen LogP contribution in [0.25, 0.3) is 0 Å². The summed E-state index contributed by atoms with van der Waals surface area (Å²) in [4.78, 5) is 24.5. The molecule has 0 aromatic heterocycles. The van der Waals surface area contributed by atoms with E-state index >= 15 is 0 Å². The van der Waals surface area contributed by atoms with Crippen LogP contribution in [-0.4, -0.2) is 41.6 Å². The molecule has 1 N–H and O–H groups in total. The van der Waals surface area contributed by atoms with Crippen LogP contribution in [0.5, 0.6) is 5.75 Å². The first-order chi connectivity index (χ1) is 9.99. The van der Waals surface area contributed by atoms with Crippen LogP contribution in [0.1, 0.15) is 37.0 Å². The van der Waals surface area contributed by atoms with Gasteiger partial charge in [0.1, 0.15) is 5.75 Å². The van der Waals surface area contributed by atoms with Gasteiger partial charge >= 0.3 is 5.97 Å². The third-order valence-corrected chi connectivity index (χ3v) is 3.98. The van der Waals surface area contributed by atoms with Gasteiger partial charge in [-0.05, 0) is 61.1 Å². The summed E-state index contributed by atoms with van der Waals surface area (Å²) in [7, 11) is 0. The van der Waals surface area contributed by atoms with E-state index in [2.05, 4.69) is 22.6 Å². The average Bonchev–Trinajstić information content (AvgIpc) is 2.46. The highest BCUT2D eigenvalue weighted by molar-refractivity contribution is 14.1. The normalized spacial score (nSPS) is 10.2. The number of ether oxygens (including phenoxy) is 1. The molecule has 116 valence electrons. The molecule has 0 aliphatic heterocycles. The monoisotopic (exact) mass is 405 g/mol. The molecule has 6 heteroatoms. The first kappa shape index (κ1) is 17.7. The van der Waals surface area contributed by atoms with Crippen LogP contribution in [0.4, 0.5) is 0 Å². The minimum atomic E-state index is -0.979. The van der Waals surface area contributed by atoms with E-state index < -0.39 is 5.97 Å². The fourth-order valence-corrected chi connectivity index (χ4v) is 2.38.